The largest absolute Gasteiger partial charge is 0.611 e. The average molecular weight is 281 g/mol. The van der Waals surface area contributed by atoms with Crippen LogP contribution in [-0.2, 0) is 4.74 Å². The number of hydrogen-bond acceptors (Lipinski definition) is 2. The van der Waals surface area contributed by atoms with Gasteiger partial charge in [-0.05, 0) is 24.3 Å². The maximum atomic E-state index is 13.0. The van der Waals surface area contributed by atoms with Crippen LogP contribution in [0.15, 0.2) is 54.4 Å². The number of nitrogens with zero attached hydrogens (tertiary/aromatic N) is 1. The van der Waals surface area contributed by atoms with E-state index in [9.17, 15) is 18.3 Å². The highest BCUT2D eigenvalue weighted by Crippen LogP contribution is 2.25. The third-order valence-electron chi connectivity index (χ3n) is 2.62. The number of methoxy groups -OCH3 is 1. The maximum Gasteiger partial charge on any atom is 0.486 e. The molecule has 104 valence electrons. The first-order valence-electron chi connectivity index (χ1n) is 5.61. The summed E-state index contributed by atoms with van der Waals surface area (Å²) in [5, 5.41) is 12.4. The topological polar surface area (TPSA) is 36.2 Å². The van der Waals surface area contributed by atoms with Crippen molar-refractivity contribution in [1.29, 1.82) is 0 Å². The van der Waals surface area contributed by atoms with Crippen molar-refractivity contribution in [2.75, 3.05) is 7.11 Å². The second-order valence-corrected chi connectivity index (χ2v) is 3.94. The second kappa shape index (κ2) is 5.27. The lowest BCUT2D eigenvalue weighted by molar-refractivity contribution is -0.595. The van der Waals surface area contributed by atoms with Crippen LogP contribution in [-0.4, -0.2) is 13.3 Å². The molecule has 1 heterocycles. The van der Waals surface area contributed by atoms with Gasteiger partial charge in [0.1, 0.15) is 5.95 Å². The fourth-order valence-electron chi connectivity index (χ4n) is 1.70. The highest BCUT2D eigenvalue weighted by molar-refractivity contribution is 5.80. The quantitative estimate of drug-likeness (QED) is 0.479. The van der Waals surface area contributed by atoms with Gasteiger partial charge in [-0.1, -0.05) is 18.2 Å². The normalized spacial score (nSPS) is 11.0. The summed E-state index contributed by atoms with van der Waals surface area (Å²) in [4.78, 5) is 0. The number of benzene rings is 1. The Bertz CT molecular complexity index is 701. The van der Waals surface area contributed by atoms with Crippen molar-refractivity contribution in [3.8, 4) is 0 Å². The first-order chi connectivity index (χ1) is 9.41. The van der Waals surface area contributed by atoms with Gasteiger partial charge in [0.15, 0.2) is 12.4 Å². The minimum Gasteiger partial charge on any atom is -0.611 e. The van der Waals surface area contributed by atoms with E-state index < -0.39 is 17.8 Å². The Kier molecular flexibility index (Phi) is 3.68. The summed E-state index contributed by atoms with van der Waals surface area (Å²) in [6.07, 6.45) is -2.21. The molecule has 0 unspecified atom stereocenters. The van der Waals surface area contributed by atoms with Crippen LogP contribution in [0.25, 0.3) is 16.5 Å². The number of allylic oxidation sites excluding steroid dienone is 1. The second-order valence-electron chi connectivity index (χ2n) is 3.94. The zero-order chi connectivity index (χ0) is 14.8. The molecule has 0 fully saturated rings. The monoisotopic (exact) mass is 281 g/mol. The van der Waals surface area contributed by atoms with E-state index in [0.29, 0.717) is 5.39 Å². The molecule has 0 aliphatic rings. The lowest BCUT2D eigenvalue weighted by Gasteiger charge is -2.07. The first-order valence-corrected chi connectivity index (χ1v) is 5.61. The summed E-state index contributed by atoms with van der Waals surface area (Å²) < 4.78 is 43.9. The molecule has 20 heavy (non-hydrogen) atoms. The molecule has 3 nitrogen and oxygen atoms in total. The number of halogens is 3. The van der Waals surface area contributed by atoms with Crippen molar-refractivity contribution < 1.29 is 27.6 Å². The Labute approximate surface area is 112 Å². The zero-order valence-corrected chi connectivity index (χ0v) is 10.4. The molecule has 1 aromatic heterocycles. The Balaban J connectivity index is 2.67. The molecule has 0 aliphatic heterocycles. The molecule has 0 bridgehead atoms. The molecule has 0 amide bonds. The van der Waals surface area contributed by atoms with Crippen LogP contribution < -0.4 is 9.67 Å². The number of alkyl halides is 3. The van der Waals surface area contributed by atoms with Crippen molar-refractivity contribution in [3.63, 3.8) is 0 Å². The number of hydrogen-bond donors (Lipinski definition) is 0. The van der Waals surface area contributed by atoms with E-state index >= 15 is 0 Å². The van der Waals surface area contributed by atoms with Crippen LogP contribution >= 0.6 is 0 Å². The van der Waals surface area contributed by atoms with Gasteiger partial charge in [-0.25, -0.2) is 0 Å². The van der Waals surface area contributed by atoms with Crippen molar-refractivity contribution in [2.45, 2.75) is 6.18 Å². The first kappa shape index (κ1) is 14.0. The van der Waals surface area contributed by atoms with Gasteiger partial charge < -0.3 is 9.84 Å². The van der Waals surface area contributed by atoms with Gasteiger partial charge in [0.2, 0.25) is 0 Å². The number of aromatic nitrogens is 1. The molecule has 0 aliphatic carbocycles. The SMILES string of the molecule is COC([O-])=C=C([n+]1ccc2ccccc2c1)C(F)(F)F. The van der Waals surface area contributed by atoms with Crippen LogP contribution in [0.1, 0.15) is 0 Å². The minimum atomic E-state index is -4.72. The predicted molar refractivity (Wildman–Crippen MR) is 63.9 cm³/mol. The smallest absolute Gasteiger partial charge is 0.486 e. The zero-order valence-electron chi connectivity index (χ0n) is 10.4. The van der Waals surface area contributed by atoms with Crippen LogP contribution in [0.4, 0.5) is 13.2 Å². The van der Waals surface area contributed by atoms with Crippen molar-refractivity contribution in [2.24, 2.45) is 0 Å². The highest BCUT2D eigenvalue weighted by Gasteiger charge is 2.42. The molecule has 2 aromatic rings. The van der Waals surface area contributed by atoms with Crippen molar-refractivity contribution in [3.05, 3.63) is 54.4 Å². The molecule has 0 radical (unpaired) electrons. The molecule has 0 saturated heterocycles. The van der Waals surface area contributed by atoms with E-state index in [1.54, 1.807) is 30.0 Å². The number of rotatable bonds is 2. The third-order valence-corrected chi connectivity index (χ3v) is 2.62. The standard InChI is InChI=1S/C14H10F3NO2/c1-20-13(19)8-12(14(15,16)17)18-7-6-10-4-2-3-5-11(10)9-18/h2-7,9H,1H3. The molecular formula is C14H10F3NO2. The van der Waals surface area contributed by atoms with E-state index in [1.165, 1.54) is 18.5 Å². The lowest BCUT2D eigenvalue weighted by Crippen LogP contribution is -2.39. The summed E-state index contributed by atoms with van der Waals surface area (Å²) in [6, 6.07) is 8.49. The lowest BCUT2D eigenvalue weighted by atomic mass is 10.2. The fraction of sp³-hybridized carbons (Fsp3) is 0.143. The Morgan fingerprint density at radius 2 is 1.85 bits per heavy atom. The van der Waals surface area contributed by atoms with Gasteiger partial charge in [0.25, 0.3) is 0 Å². The fourth-order valence-corrected chi connectivity index (χ4v) is 1.70. The van der Waals surface area contributed by atoms with E-state index in [2.05, 4.69) is 4.74 Å². The predicted octanol–water partition coefficient (Wildman–Crippen LogP) is 1.98. The van der Waals surface area contributed by atoms with E-state index in [0.717, 1.165) is 17.1 Å². The number of ether oxygens (including phenoxy) is 1. The van der Waals surface area contributed by atoms with Gasteiger partial charge >= 0.3 is 11.9 Å². The molecule has 0 saturated carbocycles. The summed E-state index contributed by atoms with van der Waals surface area (Å²) in [5.41, 5.74) is 0.454. The molecule has 0 spiro atoms. The molecule has 6 heteroatoms. The van der Waals surface area contributed by atoms with Gasteiger partial charge in [0, 0.05) is 11.5 Å². The average Bonchev–Trinajstić information content (AvgIpc) is 2.42. The third kappa shape index (κ3) is 2.92. The minimum absolute atomic E-state index is 0.614. The summed E-state index contributed by atoms with van der Waals surface area (Å²) in [5.74, 6) is -1.18. The van der Waals surface area contributed by atoms with E-state index in [-0.39, 0.29) is 0 Å². The molecule has 2 rings (SSSR count). The summed E-state index contributed by atoms with van der Waals surface area (Å²) >= 11 is 0. The molecule has 0 atom stereocenters. The van der Waals surface area contributed by atoms with Crippen molar-refractivity contribution >= 4 is 16.5 Å². The Hall–Kier alpha value is -2.46. The van der Waals surface area contributed by atoms with Gasteiger partial charge in [-0.2, -0.15) is 17.7 Å². The van der Waals surface area contributed by atoms with Crippen LogP contribution in [0, 0.1) is 0 Å². The van der Waals surface area contributed by atoms with Crippen LogP contribution in [0.2, 0.25) is 0 Å². The Morgan fingerprint density at radius 3 is 2.45 bits per heavy atom. The maximum absolute atomic E-state index is 13.0. The number of pyridine rings is 1. The summed E-state index contributed by atoms with van der Waals surface area (Å²) in [7, 11) is 0.994. The van der Waals surface area contributed by atoms with E-state index in [4.69, 9.17) is 0 Å². The van der Waals surface area contributed by atoms with Gasteiger partial charge in [-0.15, -0.1) is 0 Å². The Morgan fingerprint density at radius 1 is 1.20 bits per heavy atom. The van der Waals surface area contributed by atoms with E-state index in [1.807, 2.05) is 0 Å². The van der Waals surface area contributed by atoms with Gasteiger partial charge in [-0.3, -0.25) is 0 Å². The molecule has 1 aromatic carbocycles. The highest BCUT2D eigenvalue weighted by atomic mass is 19.4. The van der Waals surface area contributed by atoms with Gasteiger partial charge in [0.05, 0.1) is 0 Å². The van der Waals surface area contributed by atoms with Crippen molar-refractivity contribution in [1.82, 2.24) is 0 Å². The molecular weight excluding hydrogens is 271 g/mol. The summed E-state index contributed by atoms with van der Waals surface area (Å²) in [6.45, 7) is 0. The van der Waals surface area contributed by atoms with Crippen LogP contribution in [0.3, 0.4) is 0 Å². The number of fused-ring (bicyclic) bond motifs is 1. The van der Waals surface area contributed by atoms with Crippen LogP contribution in [0.5, 0.6) is 0 Å². The molecule has 0 N–H and O–H groups in total.